The number of hydrogen-bond acceptors (Lipinski definition) is 2. The van der Waals surface area contributed by atoms with Gasteiger partial charge in [-0.05, 0) is 48.8 Å². The Balaban J connectivity index is 1.98. The second-order valence-electron chi connectivity index (χ2n) is 5.49. The molecule has 2 N–H and O–H groups in total. The SMILES string of the molecule is CCC(NCC1(CCO)CC1)c1ccc(Cl)c(Cl)c1. The molecule has 1 aromatic carbocycles. The van der Waals surface area contributed by atoms with E-state index in [1.165, 1.54) is 18.4 Å². The van der Waals surface area contributed by atoms with Crippen LogP contribution in [0.2, 0.25) is 10.0 Å². The molecular formula is C15H21Cl2NO. The molecular weight excluding hydrogens is 281 g/mol. The highest BCUT2D eigenvalue weighted by molar-refractivity contribution is 6.42. The fourth-order valence-corrected chi connectivity index (χ4v) is 2.80. The van der Waals surface area contributed by atoms with Crippen LogP contribution in [0, 0.1) is 5.41 Å². The molecule has 1 unspecified atom stereocenters. The summed E-state index contributed by atoms with van der Waals surface area (Å²) in [5.74, 6) is 0. The van der Waals surface area contributed by atoms with Crippen LogP contribution in [0.15, 0.2) is 18.2 Å². The lowest BCUT2D eigenvalue weighted by atomic mass is 10.00. The average molecular weight is 302 g/mol. The first-order valence-electron chi connectivity index (χ1n) is 6.89. The van der Waals surface area contributed by atoms with Crippen LogP contribution in [-0.2, 0) is 0 Å². The van der Waals surface area contributed by atoms with Crippen molar-refractivity contribution in [3.05, 3.63) is 33.8 Å². The molecule has 0 amide bonds. The van der Waals surface area contributed by atoms with Crippen molar-refractivity contribution in [2.45, 2.75) is 38.6 Å². The summed E-state index contributed by atoms with van der Waals surface area (Å²) in [5.41, 5.74) is 1.51. The van der Waals surface area contributed by atoms with Crippen LogP contribution < -0.4 is 5.32 Å². The van der Waals surface area contributed by atoms with Gasteiger partial charge in [0.25, 0.3) is 0 Å². The number of aliphatic hydroxyl groups is 1. The normalized spacial score (nSPS) is 18.3. The third-order valence-electron chi connectivity index (χ3n) is 4.08. The Morgan fingerprint density at radius 1 is 1.32 bits per heavy atom. The zero-order chi connectivity index (χ0) is 13.9. The van der Waals surface area contributed by atoms with Gasteiger partial charge < -0.3 is 10.4 Å². The molecule has 1 aromatic rings. The molecule has 2 nitrogen and oxygen atoms in total. The van der Waals surface area contributed by atoms with E-state index in [4.69, 9.17) is 28.3 Å². The minimum Gasteiger partial charge on any atom is -0.396 e. The molecule has 106 valence electrons. The molecule has 1 saturated carbocycles. The topological polar surface area (TPSA) is 32.3 Å². The first kappa shape index (κ1) is 15.1. The molecule has 1 aliphatic rings. The van der Waals surface area contributed by atoms with Crippen molar-refractivity contribution in [2.75, 3.05) is 13.2 Å². The second kappa shape index (κ2) is 6.45. The molecule has 2 rings (SSSR count). The van der Waals surface area contributed by atoms with E-state index in [1.807, 2.05) is 18.2 Å². The Morgan fingerprint density at radius 3 is 2.58 bits per heavy atom. The maximum atomic E-state index is 9.09. The molecule has 0 spiro atoms. The highest BCUT2D eigenvalue weighted by Gasteiger charge is 2.41. The zero-order valence-corrected chi connectivity index (χ0v) is 12.8. The van der Waals surface area contributed by atoms with E-state index in [-0.39, 0.29) is 6.61 Å². The quantitative estimate of drug-likeness (QED) is 0.791. The van der Waals surface area contributed by atoms with Crippen LogP contribution in [-0.4, -0.2) is 18.3 Å². The van der Waals surface area contributed by atoms with Crippen molar-refractivity contribution in [1.82, 2.24) is 5.32 Å². The van der Waals surface area contributed by atoms with Crippen molar-refractivity contribution < 1.29 is 5.11 Å². The predicted molar refractivity (Wildman–Crippen MR) is 80.9 cm³/mol. The van der Waals surface area contributed by atoms with Gasteiger partial charge in [0.1, 0.15) is 0 Å². The number of halogens is 2. The van der Waals surface area contributed by atoms with Gasteiger partial charge in [-0.2, -0.15) is 0 Å². The molecule has 0 radical (unpaired) electrons. The molecule has 0 saturated heterocycles. The first-order chi connectivity index (χ1) is 9.10. The summed E-state index contributed by atoms with van der Waals surface area (Å²) in [4.78, 5) is 0. The van der Waals surface area contributed by atoms with E-state index in [2.05, 4.69) is 12.2 Å². The van der Waals surface area contributed by atoms with Gasteiger partial charge in [0, 0.05) is 19.2 Å². The van der Waals surface area contributed by atoms with Gasteiger partial charge in [-0.1, -0.05) is 36.2 Å². The third kappa shape index (κ3) is 3.85. The maximum Gasteiger partial charge on any atom is 0.0595 e. The molecule has 4 heteroatoms. The maximum absolute atomic E-state index is 9.09. The summed E-state index contributed by atoms with van der Waals surface area (Å²) in [6.45, 7) is 3.41. The van der Waals surface area contributed by atoms with E-state index < -0.39 is 0 Å². The van der Waals surface area contributed by atoms with Gasteiger partial charge >= 0.3 is 0 Å². The fourth-order valence-electron chi connectivity index (χ4n) is 2.50. The van der Waals surface area contributed by atoms with Crippen LogP contribution in [0.1, 0.15) is 44.2 Å². The monoisotopic (exact) mass is 301 g/mol. The number of aliphatic hydroxyl groups excluding tert-OH is 1. The van der Waals surface area contributed by atoms with Crippen LogP contribution in [0.4, 0.5) is 0 Å². The van der Waals surface area contributed by atoms with Crippen molar-refractivity contribution in [2.24, 2.45) is 5.41 Å². The van der Waals surface area contributed by atoms with Crippen molar-refractivity contribution in [3.8, 4) is 0 Å². The van der Waals surface area contributed by atoms with Gasteiger partial charge in [0.2, 0.25) is 0 Å². The minimum atomic E-state index is 0.283. The van der Waals surface area contributed by atoms with Crippen molar-refractivity contribution >= 4 is 23.2 Å². The third-order valence-corrected chi connectivity index (χ3v) is 4.82. The second-order valence-corrected chi connectivity index (χ2v) is 6.30. The highest BCUT2D eigenvalue weighted by atomic mass is 35.5. The standard InChI is InChI=1S/C15H21Cl2NO/c1-2-14(11-3-4-12(16)13(17)9-11)18-10-15(5-6-15)7-8-19/h3-4,9,14,18-19H,2,5-8,10H2,1H3. The molecule has 1 fully saturated rings. The van der Waals surface area contributed by atoms with Gasteiger partial charge in [0.15, 0.2) is 0 Å². The average Bonchev–Trinajstić information content (AvgIpc) is 3.15. The Labute approximate surface area is 125 Å². The van der Waals surface area contributed by atoms with E-state index in [9.17, 15) is 0 Å². The molecule has 0 heterocycles. The predicted octanol–water partition coefficient (Wildman–Crippen LogP) is 4.20. The number of benzene rings is 1. The Kier molecular flexibility index (Phi) is 5.13. The molecule has 0 aliphatic heterocycles. The molecule has 1 aliphatic carbocycles. The molecule has 1 atom stereocenters. The minimum absolute atomic E-state index is 0.283. The lowest BCUT2D eigenvalue weighted by molar-refractivity contribution is 0.242. The summed E-state index contributed by atoms with van der Waals surface area (Å²) in [7, 11) is 0. The van der Waals surface area contributed by atoms with Crippen LogP contribution in [0.5, 0.6) is 0 Å². The van der Waals surface area contributed by atoms with Crippen LogP contribution in [0.25, 0.3) is 0 Å². The Hall–Kier alpha value is -0.280. The smallest absolute Gasteiger partial charge is 0.0595 e. The lowest BCUT2D eigenvalue weighted by Crippen LogP contribution is -2.28. The summed E-state index contributed by atoms with van der Waals surface area (Å²) >= 11 is 12.0. The molecule has 0 bridgehead atoms. The number of hydrogen-bond donors (Lipinski definition) is 2. The first-order valence-corrected chi connectivity index (χ1v) is 7.65. The van der Waals surface area contributed by atoms with E-state index >= 15 is 0 Å². The van der Waals surface area contributed by atoms with Crippen molar-refractivity contribution in [3.63, 3.8) is 0 Å². The molecule has 0 aromatic heterocycles. The summed E-state index contributed by atoms with van der Waals surface area (Å²) in [6.07, 6.45) is 4.35. The fraction of sp³-hybridized carbons (Fsp3) is 0.600. The summed E-state index contributed by atoms with van der Waals surface area (Å²) in [5, 5.41) is 13.9. The zero-order valence-electron chi connectivity index (χ0n) is 11.3. The van der Waals surface area contributed by atoms with Gasteiger partial charge in [-0.15, -0.1) is 0 Å². The lowest BCUT2D eigenvalue weighted by Gasteiger charge is -2.22. The van der Waals surface area contributed by atoms with E-state index in [0.29, 0.717) is 21.5 Å². The highest BCUT2D eigenvalue weighted by Crippen LogP contribution is 2.48. The number of rotatable bonds is 7. The van der Waals surface area contributed by atoms with E-state index in [1.54, 1.807) is 0 Å². The van der Waals surface area contributed by atoms with Gasteiger partial charge in [0.05, 0.1) is 10.0 Å². The van der Waals surface area contributed by atoms with Crippen LogP contribution >= 0.6 is 23.2 Å². The van der Waals surface area contributed by atoms with Gasteiger partial charge in [-0.3, -0.25) is 0 Å². The van der Waals surface area contributed by atoms with E-state index in [0.717, 1.165) is 19.4 Å². The molecule has 19 heavy (non-hydrogen) atoms. The van der Waals surface area contributed by atoms with Gasteiger partial charge in [-0.25, -0.2) is 0 Å². The van der Waals surface area contributed by atoms with Crippen LogP contribution in [0.3, 0.4) is 0 Å². The summed E-state index contributed by atoms with van der Waals surface area (Å²) < 4.78 is 0. The largest absolute Gasteiger partial charge is 0.396 e. The van der Waals surface area contributed by atoms with Crippen molar-refractivity contribution in [1.29, 1.82) is 0 Å². The summed E-state index contributed by atoms with van der Waals surface area (Å²) in [6, 6.07) is 6.12. The Morgan fingerprint density at radius 2 is 2.05 bits per heavy atom. The Bertz CT molecular complexity index is 432. The number of nitrogens with one attached hydrogen (secondary N) is 1.